The van der Waals surface area contributed by atoms with E-state index in [1.54, 1.807) is 0 Å². The molecule has 1 aliphatic heterocycles. The molecule has 1 aromatic carbocycles. The molecule has 30 heavy (non-hydrogen) atoms. The van der Waals surface area contributed by atoms with Crippen LogP contribution in [-0.2, 0) is 6.42 Å². The van der Waals surface area contributed by atoms with Crippen LogP contribution in [-0.4, -0.2) is 71.8 Å². The Balaban J connectivity index is 0.00000320. The van der Waals surface area contributed by atoms with E-state index >= 15 is 0 Å². The van der Waals surface area contributed by atoms with E-state index in [-0.39, 0.29) is 24.0 Å². The number of aromatic amines is 1. The lowest BCUT2D eigenvalue weighted by molar-refractivity contribution is 0.194. The number of halogens is 1. The number of rotatable bonds is 8. The van der Waals surface area contributed by atoms with Gasteiger partial charge in [0, 0.05) is 51.5 Å². The van der Waals surface area contributed by atoms with Crippen LogP contribution < -0.4 is 5.32 Å². The normalized spacial score (nSPS) is 15.4. The highest BCUT2D eigenvalue weighted by Crippen LogP contribution is 2.07. The zero-order valence-electron chi connectivity index (χ0n) is 18.2. The van der Waals surface area contributed by atoms with E-state index in [4.69, 9.17) is 4.99 Å². The third-order valence-corrected chi connectivity index (χ3v) is 5.28. The van der Waals surface area contributed by atoms with Crippen LogP contribution in [0.15, 0.2) is 47.6 Å². The van der Waals surface area contributed by atoms with Crippen molar-refractivity contribution < 1.29 is 0 Å². The predicted molar refractivity (Wildman–Crippen MR) is 137 cm³/mol. The molecule has 0 amide bonds. The maximum absolute atomic E-state index is 4.86. The number of H-pyrrole nitrogens is 1. The second-order valence-corrected chi connectivity index (χ2v) is 7.46. The van der Waals surface area contributed by atoms with Crippen LogP contribution in [0.1, 0.15) is 30.2 Å². The van der Waals surface area contributed by atoms with Crippen molar-refractivity contribution in [3.63, 3.8) is 0 Å². The molecule has 0 radical (unpaired) electrons. The summed E-state index contributed by atoms with van der Waals surface area (Å²) < 4.78 is 0. The van der Waals surface area contributed by atoms with E-state index in [9.17, 15) is 0 Å². The molecule has 0 unspecified atom stereocenters. The molecule has 6 nitrogen and oxygen atoms in total. The fourth-order valence-corrected chi connectivity index (χ4v) is 3.55. The molecule has 0 bridgehead atoms. The summed E-state index contributed by atoms with van der Waals surface area (Å²) >= 11 is 0. The second-order valence-electron chi connectivity index (χ2n) is 7.46. The van der Waals surface area contributed by atoms with E-state index in [2.05, 4.69) is 81.6 Å². The van der Waals surface area contributed by atoms with Gasteiger partial charge in [0.1, 0.15) is 0 Å². The maximum Gasteiger partial charge on any atom is 0.194 e. The predicted octanol–water partition coefficient (Wildman–Crippen LogP) is 3.57. The Labute approximate surface area is 197 Å². The Morgan fingerprint density at radius 2 is 1.97 bits per heavy atom. The van der Waals surface area contributed by atoms with E-state index in [0.717, 1.165) is 64.6 Å². The number of benzene rings is 1. The molecule has 0 saturated carbocycles. The minimum Gasteiger partial charge on any atom is -0.357 e. The molecule has 3 rings (SSSR count). The molecule has 0 atom stereocenters. The minimum atomic E-state index is 0. The molecular weight excluding hydrogens is 487 g/mol. The topological polar surface area (TPSA) is 59.6 Å². The summed E-state index contributed by atoms with van der Waals surface area (Å²) in [6.07, 6.45) is 8.46. The Hall–Kier alpha value is -1.87. The lowest BCUT2D eigenvalue weighted by atomic mass is 10.1. The Morgan fingerprint density at radius 1 is 1.20 bits per heavy atom. The summed E-state index contributed by atoms with van der Waals surface area (Å²) in [5, 5.41) is 10.6. The highest BCUT2D eigenvalue weighted by molar-refractivity contribution is 14.0. The van der Waals surface area contributed by atoms with Gasteiger partial charge in [0.2, 0.25) is 0 Å². The van der Waals surface area contributed by atoms with E-state index in [0.29, 0.717) is 0 Å². The minimum absolute atomic E-state index is 0. The van der Waals surface area contributed by atoms with Crippen molar-refractivity contribution in [1.29, 1.82) is 0 Å². The molecule has 1 fully saturated rings. The zero-order valence-corrected chi connectivity index (χ0v) is 20.5. The summed E-state index contributed by atoms with van der Waals surface area (Å²) in [5.74, 6) is 1.05. The monoisotopic (exact) mass is 522 g/mol. The van der Waals surface area contributed by atoms with E-state index in [1.165, 1.54) is 16.8 Å². The summed E-state index contributed by atoms with van der Waals surface area (Å²) in [6, 6.07) is 10.5. The van der Waals surface area contributed by atoms with Gasteiger partial charge in [-0.05, 0) is 37.8 Å². The number of piperazine rings is 1. The zero-order chi connectivity index (χ0) is 20.3. The van der Waals surface area contributed by atoms with Gasteiger partial charge in [-0.1, -0.05) is 42.5 Å². The first-order valence-electron chi connectivity index (χ1n) is 10.7. The first-order valence-corrected chi connectivity index (χ1v) is 10.7. The molecule has 1 aromatic heterocycles. The van der Waals surface area contributed by atoms with Crippen LogP contribution in [0, 0.1) is 6.92 Å². The maximum atomic E-state index is 4.86. The van der Waals surface area contributed by atoms with Crippen molar-refractivity contribution in [2.24, 2.45) is 4.99 Å². The number of aromatic nitrogens is 2. The van der Waals surface area contributed by atoms with Crippen molar-refractivity contribution in [3.05, 3.63) is 59.4 Å². The van der Waals surface area contributed by atoms with E-state index in [1.807, 2.05) is 6.20 Å². The van der Waals surface area contributed by atoms with Crippen LogP contribution in [0.2, 0.25) is 0 Å². The number of hydrogen-bond donors (Lipinski definition) is 2. The van der Waals surface area contributed by atoms with Crippen LogP contribution in [0.3, 0.4) is 0 Å². The average Bonchev–Trinajstić information content (AvgIpc) is 3.16. The van der Waals surface area contributed by atoms with Crippen molar-refractivity contribution >= 4 is 36.0 Å². The fourth-order valence-electron chi connectivity index (χ4n) is 3.55. The third-order valence-electron chi connectivity index (χ3n) is 5.28. The lowest BCUT2D eigenvalue weighted by Gasteiger charge is -2.36. The van der Waals surface area contributed by atoms with Crippen LogP contribution >= 0.6 is 24.0 Å². The van der Waals surface area contributed by atoms with Crippen molar-refractivity contribution in [3.8, 4) is 0 Å². The van der Waals surface area contributed by atoms with Gasteiger partial charge in [0.25, 0.3) is 0 Å². The number of hydrogen-bond acceptors (Lipinski definition) is 3. The molecule has 2 N–H and O–H groups in total. The molecule has 2 aromatic rings. The molecule has 164 valence electrons. The highest BCUT2D eigenvalue weighted by Gasteiger charge is 2.18. The Kier molecular flexibility index (Phi) is 10.9. The molecular formula is C23H35IN6. The summed E-state index contributed by atoms with van der Waals surface area (Å²) in [6.45, 7) is 11.1. The third kappa shape index (κ3) is 7.75. The first-order chi connectivity index (χ1) is 14.3. The SMILES string of the molecule is CCNC(=NCCCc1cn[nH]c1C)N1CCN(C/C=C/c2ccccc2)CC1.I. The van der Waals surface area contributed by atoms with Gasteiger partial charge in [-0.15, -0.1) is 24.0 Å². The van der Waals surface area contributed by atoms with Crippen LogP contribution in [0.4, 0.5) is 0 Å². The van der Waals surface area contributed by atoms with Crippen LogP contribution in [0.5, 0.6) is 0 Å². The largest absolute Gasteiger partial charge is 0.357 e. The summed E-state index contributed by atoms with van der Waals surface area (Å²) in [7, 11) is 0. The Bertz CT molecular complexity index is 778. The van der Waals surface area contributed by atoms with Crippen molar-refractivity contribution in [2.75, 3.05) is 45.8 Å². The van der Waals surface area contributed by atoms with Gasteiger partial charge in [0.05, 0.1) is 6.20 Å². The number of aliphatic imine (C=N–C) groups is 1. The molecule has 0 spiro atoms. The Morgan fingerprint density at radius 3 is 2.63 bits per heavy atom. The van der Waals surface area contributed by atoms with Gasteiger partial charge in [-0.3, -0.25) is 15.0 Å². The summed E-state index contributed by atoms with van der Waals surface area (Å²) in [4.78, 5) is 9.76. The fraction of sp³-hybridized carbons (Fsp3) is 0.478. The number of guanidine groups is 1. The lowest BCUT2D eigenvalue weighted by Crippen LogP contribution is -2.52. The van der Waals surface area contributed by atoms with Crippen molar-refractivity contribution in [1.82, 2.24) is 25.3 Å². The van der Waals surface area contributed by atoms with Gasteiger partial charge in [0.15, 0.2) is 5.96 Å². The molecule has 2 heterocycles. The van der Waals surface area contributed by atoms with Gasteiger partial charge >= 0.3 is 0 Å². The standard InChI is InChI=1S/C23H34N6.HI/c1-3-24-23(25-13-7-12-22-19-26-27-20(22)2)29-17-15-28(16-18-29)14-8-11-21-9-5-4-6-10-21;/h4-6,8-11,19H,3,7,12-18H2,1-2H3,(H,24,25)(H,26,27);1H/b11-8+;. The molecule has 7 heteroatoms. The molecule has 1 aliphatic rings. The summed E-state index contributed by atoms with van der Waals surface area (Å²) in [5.41, 5.74) is 3.72. The quantitative estimate of drug-likeness (QED) is 0.241. The van der Waals surface area contributed by atoms with Gasteiger partial charge in [-0.2, -0.15) is 5.10 Å². The number of nitrogens with one attached hydrogen (secondary N) is 2. The van der Waals surface area contributed by atoms with Gasteiger partial charge in [-0.25, -0.2) is 0 Å². The average molecular weight is 522 g/mol. The van der Waals surface area contributed by atoms with Crippen LogP contribution in [0.25, 0.3) is 6.08 Å². The first kappa shape index (κ1) is 24.4. The smallest absolute Gasteiger partial charge is 0.194 e. The van der Waals surface area contributed by atoms with Gasteiger partial charge < -0.3 is 10.2 Å². The highest BCUT2D eigenvalue weighted by atomic mass is 127. The second kappa shape index (κ2) is 13.4. The van der Waals surface area contributed by atoms with Crippen molar-refractivity contribution in [2.45, 2.75) is 26.7 Å². The molecule has 0 aliphatic carbocycles. The molecule has 1 saturated heterocycles. The number of nitrogens with zero attached hydrogens (tertiary/aromatic N) is 4. The van der Waals surface area contributed by atoms with E-state index < -0.39 is 0 Å². The number of aryl methyl sites for hydroxylation is 2.